The fourth-order valence-corrected chi connectivity index (χ4v) is 2.23. The lowest BCUT2D eigenvalue weighted by molar-refractivity contribution is 0.0993. The molecule has 0 spiro atoms. The summed E-state index contributed by atoms with van der Waals surface area (Å²) in [6.45, 7) is 4.21. The Hall–Kier alpha value is -1.89. The second kappa shape index (κ2) is 6.33. The van der Waals surface area contributed by atoms with Crippen molar-refractivity contribution in [2.75, 3.05) is 0 Å². The smallest absolute Gasteiger partial charge is 0.167 e. The third-order valence-corrected chi connectivity index (χ3v) is 3.43. The van der Waals surface area contributed by atoms with E-state index in [2.05, 4.69) is 19.1 Å². The lowest BCUT2D eigenvalue weighted by Gasteiger charge is -2.06. The molecule has 0 aliphatic heterocycles. The van der Waals surface area contributed by atoms with Gasteiger partial charge in [-0.25, -0.2) is 0 Å². The molecule has 2 rings (SSSR count). The first-order chi connectivity index (χ1) is 9.20. The van der Waals surface area contributed by atoms with Gasteiger partial charge in [-0.1, -0.05) is 61.9 Å². The third-order valence-electron chi connectivity index (χ3n) is 3.43. The van der Waals surface area contributed by atoms with E-state index in [1.807, 2.05) is 43.3 Å². The number of hydrogen-bond donors (Lipinski definition) is 0. The molecule has 1 heteroatoms. The van der Waals surface area contributed by atoms with Gasteiger partial charge in [0.25, 0.3) is 0 Å². The molecule has 0 unspecified atom stereocenters. The van der Waals surface area contributed by atoms with Gasteiger partial charge in [0.2, 0.25) is 0 Å². The van der Waals surface area contributed by atoms with E-state index >= 15 is 0 Å². The highest BCUT2D eigenvalue weighted by molar-refractivity contribution is 5.97. The van der Waals surface area contributed by atoms with Crippen molar-refractivity contribution in [3.63, 3.8) is 0 Å². The van der Waals surface area contributed by atoms with E-state index in [-0.39, 0.29) is 5.78 Å². The predicted molar refractivity (Wildman–Crippen MR) is 79.7 cm³/mol. The van der Waals surface area contributed by atoms with Crippen molar-refractivity contribution < 1.29 is 4.79 Å². The Labute approximate surface area is 115 Å². The van der Waals surface area contributed by atoms with Crippen LogP contribution in [0, 0.1) is 6.92 Å². The fourth-order valence-electron chi connectivity index (χ4n) is 2.23. The summed E-state index contributed by atoms with van der Waals surface area (Å²) in [5, 5.41) is 0. The number of ketones is 1. The summed E-state index contributed by atoms with van der Waals surface area (Å²) in [4.78, 5) is 12.2. The molecule has 0 bridgehead atoms. The first-order valence-corrected chi connectivity index (χ1v) is 6.87. The Morgan fingerprint density at radius 1 is 1.00 bits per heavy atom. The molecule has 0 amide bonds. The highest BCUT2D eigenvalue weighted by Crippen LogP contribution is 2.13. The third kappa shape index (κ3) is 3.54. The maximum atomic E-state index is 12.2. The molecule has 0 aliphatic rings. The van der Waals surface area contributed by atoms with Crippen LogP contribution in [0.25, 0.3) is 0 Å². The zero-order chi connectivity index (χ0) is 13.7. The highest BCUT2D eigenvalue weighted by Gasteiger charge is 2.08. The van der Waals surface area contributed by atoms with Crippen molar-refractivity contribution >= 4 is 5.78 Å². The number of aryl methyl sites for hydroxylation is 2. The molecule has 19 heavy (non-hydrogen) atoms. The van der Waals surface area contributed by atoms with Crippen LogP contribution in [-0.4, -0.2) is 5.78 Å². The van der Waals surface area contributed by atoms with Gasteiger partial charge in [0, 0.05) is 12.0 Å². The maximum Gasteiger partial charge on any atom is 0.167 e. The minimum atomic E-state index is 0.192. The standard InChI is InChI=1S/C18H20O/c1-3-6-15-9-11-16(12-10-15)18(19)13-17-8-5-4-7-14(17)2/h4-5,7-12H,3,6,13H2,1-2H3. The van der Waals surface area contributed by atoms with Gasteiger partial charge in [0.1, 0.15) is 0 Å². The van der Waals surface area contributed by atoms with Gasteiger partial charge >= 0.3 is 0 Å². The van der Waals surface area contributed by atoms with Crippen molar-refractivity contribution in [2.24, 2.45) is 0 Å². The molecule has 0 saturated carbocycles. The van der Waals surface area contributed by atoms with Crippen LogP contribution in [0.5, 0.6) is 0 Å². The molecule has 0 heterocycles. The van der Waals surface area contributed by atoms with Gasteiger partial charge < -0.3 is 0 Å². The van der Waals surface area contributed by atoms with Crippen molar-refractivity contribution in [1.29, 1.82) is 0 Å². The molecule has 0 fully saturated rings. The first kappa shape index (κ1) is 13.5. The van der Waals surface area contributed by atoms with Crippen molar-refractivity contribution in [3.05, 3.63) is 70.8 Å². The number of Topliss-reactive ketones (excluding diaryl/α,β-unsaturated/α-hetero) is 1. The Morgan fingerprint density at radius 2 is 1.68 bits per heavy atom. The Bertz CT molecular complexity index is 552. The predicted octanol–water partition coefficient (Wildman–Crippen LogP) is 4.37. The van der Waals surface area contributed by atoms with E-state index in [1.165, 1.54) is 11.1 Å². The van der Waals surface area contributed by atoms with Crippen LogP contribution >= 0.6 is 0 Å². The number of benzene rings is 2. The van der Waals surface area contributed by atoms with E-state index in [9.17, 15) is 4.79 Å². The summed E-state index contributed by atoms with van der Waals surface area (Å²) in [5.74, 6) is 0.192. The summed E-state index contributed by atoms with van der Waals surface area (Å²) in [6, 6.07) is 16.1. The van der Waals surface area contributed by atoms with Gasteiger partial charge in [0.15, 0.2) is 5.78 Å². The monoisotopic (exact) mass is 252 g/mol. The van der Waals surface area contributed by atoms with Crippen molar-refractivity contribution in [1.82, 2.24) is 0 Å². The summed E-state index contributed by atoms with van der Waals surface area (Å²) in [5.41, 5.74) is 4.40. The Balaban J connectivity index is 2.10. The molecule has 2 aromatic rings. The molecule has 98 valence electrons. The molecule has 0 saturated heterocycles. The van der Waals surface area contributed by atoms with Crippen LogP contribution in [0.15, 0.2) is 48.5 Å². The zero-order valence-corrected chi connectivity index (χ0v) is 11.6. The topological polar surface area (TPSA) is 17.1 Å². The van der Waals surface area contributed by atoms with Crippen LogP contribution in [0.4, 0.5) is 0 Å². The van der Waals surface area contributed by atoms with Gasteiger partial charge in [-0.3, -0.25) is 4.79 Å². The second-order valence-electron chi connectivity index (χ2n) is 4.97. The van der Waals surface area contributed by atoms with E-state index in [1.54, 1.807) is 0 Å². The van der Waals surface area contributed by atoms with E-state index in [4.69, 9.17) is 0 Å². The lowest BCUT2D eigenvalue weighted by atomic mass is 9.98. The van der Waals surface area contributed by atoms with Gasteiger partial charge in [-0.2, -0.15) is 0 Å². The van der Waals surface area contributed by atoms with Gasteiger partial charge in [-0.15, -0.1) is 0 Å². The number of carbonyl (C=O) groups is 1. The normalized spacial score (nSPS) is 10.4. The molecule has 0 radical (unpaired) electrons. The Morgan fingerprint density at radius 3 is 2.32 bits per heavy atom. The molecule has 0 N–H and O–H groups in total. The largest absolute Gasteiger partial charge is 0.294 e. The average molecular weight is 252 g/mol. The summed E-state index contributed by atoms with van der Waals surface area (Å²) in [6.07, 6.45) is 2.70. The number of rotatable bonds is 5. The van der Waals surface area contributed by atoms with Crippen LogP contribution in [0.1, 0.15) is 40.4 Å². The summed E-state index contributed by atoms with van der Waals surface area (Å²) < 4.78 is 0. The van der Waals surface area contributed by atoms with Gasteiger partial charge in [0.05, 0.1) is 0 Å². The fraction of sp³-hybridized carbons (Fsp3) is 0.278. The summed E-state index contributed by atoms with van der Waals surface area (Å²) in [7, 11) is 0. The minimum absolute atomic E-state index is 0.192. The van der Waals surface area contributed by atoms with Crippen LogP contribution in [-0.2, 0) is 12.8 Å². The van der Waals surface area contributed by atoms with E-state index in [0.717, 1.165) is 24.0 Å². The molecule has 0 atom stereocenters. The number of carbonyl (C=O) groups excluding carboxylic acids is 1. The Kier molecular flexibility index (Phi) is 4.51. The molecule has 1 nitrogen and oxygen atoms in total. The van der Waals surface area contributed by atoms with Crippen molar-refractivity contribution in [2.45, 2.75) is 33.1 Å². The van der Waals surface area contributed by atoms with E-state index in [0.29, 0.717) is 6.42 Å². The van der Waals surface area contributed by atoms with Crippen LogP contribution in [0.3, 0.4) is 0 Å². The SMILES string of the molecule is CCCc1ccc(C(=O)Cc2ccccc2C)cc1. The first-order valence-electron chi connectivity index (χ1n) is 6.87. The highest BCUT2D eigenvalue weighted by atomic mass is 16.1. The molecule has 0 aliphatic carbocycles. The van der Waals surface area contributed by atoms with Crippen LogP contribution in [0.2, 0.25) is 0 Å². The lowest BCUT2D eigenvalue weighted by Crippen LogP contribution is -2.04. The average Bonchev–Trinajstić information content (AvgIpc) is 2.42. The number of hydrogen-bond acceptors (Lipinski definition) is 1. The quantitative estimate of drug-likeness (QED) is 0.722. The van der Waals surface area contributed by atoms with E-state index < -0.39 is 0 Å². The maximum absolute atomic E-state index is 12.2. The summed E-state index contributed by atoms with van der Waals surface area (Å²) >= 11 is 0. The van der Waals surface area contributed by atoms with Crippen molar-refractivity contribution in [3.8, 4) is 0 Å². The molecular formula is C18H20O. The molecule has 2 aromatic carbocycles. The molecular weight excluding hydrogens is 232 g/mol. The second-order valence-corrected chi connectivity index (χ2v) is 4.97. The molecule has 0 aromatic heterocycles. The minimum Gasteiger partial charge on any atom is -0.294 e. The van der Waals surface area contributed by atoms with Gasteiger partial charge in [-0.05, 0) is 30.0 Å². The van der Waals surface area contributed by atoms with Crippen LogP contribution < -0.4 is 0 Å². The zero-order valence-electron chi connectivity index (χ0n) is 11.6.